The zero-order chi connectivity index (χ0) is 14.7. The van der Waals surface area contributed by atoms with Gasteiger partial charge in [0.05, 0.1) is 6.04 Å². The lowest BCUT2D eigenvalue weighted by molar-refractivity contribution is -0.122. The Kier molecular flexibility index (Phi) is 4.56. The van der Waals surface area contributed by atoms with E-state index in [4.69, 9.17) is 0 Å². The maximum atomic E-state index is 12.1. The Morgan fingerprint density at radius 1 is 1.29 bits per heavy atom. The molecule has 1 aliphatic heterocycles. The molecule has 0 spiro atoms. The average Bonchev–Trinajstić information content (AvgIpc) is 3.09. The molecule has 1 aromatic rings. The van der Waals surface area contributed by atoms with Crippen molar-refractivity contribution in [2.45, 2.75) is 77.3 Å². The molecule has 1 fully saturated rings. The van der Waals surface area contributed by atoms with E-state index in [0.717, 1.165) is 43.4 Å². The van der Waals surface area contributed by atoms with Crippen molar-refractivity contribution in [3.8, 4) is 0 Å². The van der Waals surface area contributed by atoms with E-state index in [9.17, 15) is 4.79 Å². The molecular weight excluding hydrogens is 264 g/mol. The molecule has 5 heteroatoms. The molecule has 2 aliphatic rings. The van der Waals surface area contributed by atoms with Crippen molar-refractivity contribution in [2.75, 3.05) is 0 Å². The van der Waals surface area contributed by atoms with Crippen molar-refractivity contribution in [3.63, 3.8) is 0 Å². The van der Waals surface area contributed by atoms with E-state index >= 15 is 0 Å². The lowest BCUT2D eigenvalue weighted by Gasteiger charge is -2.21. The summed E-state index contributed by atoms with van der Waals surface area (Å²) >= 11 is 0. The molecule has 0 aromatic carbocycles. The number of nitrogens with one attached hydrogen (secondary N) is 1. The number of rotatable bonds is 5. The molecular formula is C16H26N4O. The molecule has 0 unspecified atom stereocenters. The minimum Gasteiger partial charge on any atom is -0.346 e. The van der Waals surface area contributed by atoms with Crippen LogP contribution >= 0.6 is 0 Å². The van der Waals surface area contributed by atoms with Crippen LogP contribution < -0.4 is 5.32 Å². The molecule has 1 aliphatic carbocycles. The first-order valence-corrected chi connectivity index (χ1v) is 8.45. The fourth-order valence-corrected chi connectivity index (χ4v) is 3.68. The highest BCUT2D eigenvalue weighted by atomic mass is 16.1. The summed E-state index contributed by atoms with van der Waals surface area (Å²) in [5.41, 5.74) is 0. The summed E-state index contributed by atoms with van der Waals surface area (Å²) in [6, 6.07) is -0.0387. The van der Waals surface area contributed by atoms with E-state index < -0.39 is 0 Å². The first kappa shape index (κ1) is 14.5. The van der Waals surface area contributed by atoms with E-state index in [-0.39, 0.29) is 11.9 Å². The summed E-state index contributed by atoms with van der Waals surface area (Å²) in [5, 5.41) is 11.5. The van der Waals surface area contributed by atoms with Crippen LogP contribution in [0.3, 0.4) is 0 Å². The zero-order valence-electron chi connectivity index (χ0n) is 13.0. The number of amides is 1. The van der Waals surface area contributed by atoms with Gasteiger partial charge in [0.15, 0.2) is 5.82 Å². The van der Waals surface area contributed by atoms with E-state index in [0.29, 0.717) is 6.42 Å². The molecule has 21 heavy (non-hydrogen) atoms. The Morgan fingerprint density at radius 3 is 2.90 bits per heavy atom. The molecule has 1 aromatic heterocycles. The molecule has 1 saturated carbocycles. The summed E-state index contributed by atoms with van der Waals surface area (Å²) in [6.07, 6.45) is 10.5. The van der Waals surface area contributed by atoms with E-state index in [2.05, 4.69) is 20.1 Å². The second-order valence-corrected chi connectivity index (χ2v) is 6.56. The third-order valence-electron chi connectivity index (χ3n) is 4.91. The maximum Gasteiger partial charge on any atom is 0.220 e. The Bertz CT molecular complexity index is 490. The van der Waals surface area contributed by atoms with Crippen molar-refractivity contribution in [1.82, 2.24) is 20.1 Å². The van der Waals surface area contributed by atoms with Crippen LogP contribution in [-0.4, -0.2) is 20.7 Å². The fourth-order valence-electron chi connectivity index (χ4n) is 3.68. The first-order valence-electron chi connectivity index (χ1n) is 8.45. The van der Waals surface area contributed by atoms with Crippen molar-refractivity contribution >= 4 is 5.91 Å². The number of aryl methyl sites for hydroxylation is 1. The Balaban J connectivity index is 1.47. The molecule has 0 bridgehead atoms. The number of aromatic nitrogens is 3. The lowest BCUT2D eigenvalue weighted by atomic mass is 9.86. The average molecular weight is 290 g/mol. The predicted octanol–water partition coefficient (Wildman–Crippen LogP) is 2.76. The topological polar surface area (TPSA) is 59.8 Å². The summed E-state index contributed by atoms with van der Waals surface area (Å²) in [5.74, 6) is 2.89. The van der Waals surface area contributed by atoms with Gasteiger partial charge in [-0.2, -0.15) is 0 Å². The quantitative estimate of drug-likeness (QED) is 0.907. The standard InChI is InChI=1S/C16H26N4O/c1-12(16-19-18-14-8-5-11-20(14)16)17-15(21)10-9-13-6-3-2-4-7-13/h12-13H,2-11H2,1H3,(H,17,21)/t12-/m0/s1. The second kappa shape index (κ2) is 6.58. The van der Waals surface area contributed by atoms with Gasteiger partial charge in [-0.15, -0.1) is 10.2 Å². The van der Waals surface area contributed by atoms with Crippen LogP contribution in [0.2, 0.25) is 0 Å². The first-order chi connectivity index (χ1) is 10.2. The minimum atomic E-state index is -0.0387. The Hall–Kier alpha value is -1.39. The molecule has 1 N–H and O–H groups in total. The van der Waals surface area contributed by atoms with Crippen LogP contribution in [0, 0.1) is 5.92 Å². The predicted molar refractivity (Wildman–Crippen MR) is 80.7 cm³/mol. The SMILES string of the molecule is C[C@H](NC(=O)CCC1CCCCC1)c1nnc2n1CCC2. The van der Waals surface area contributed by atoms with Crippen LogP contribution in [0.5, 0.6) is 0 Å². The van der Waals surface area contributed by atoms with Gasteiger partial charge in [0.25, 0.3) is 0 Å². The Morgan fingerprint density at radius 2 is 2.10 bits per heavy atom. The smallest absolute Gasteiger partial charge is 0.220 e. The number of carbonyl (C=O) groups excluding carboxylic acids is 1. The molecule has 2 heterocycles. The fraction of sp³-hybridized carbons (Fsp3) is 0.812. The highest BCUT2D eigenvalue weighted by Crippen LogP contribution is 2.27. The molecule has 1 amide bonds. The van der Waals surface area contributed by atoms with Gasteiger partial charge in [-0.05, 0) is 25.7 Å². The molecule has 3 rings (SSSR count). The summed E-state index contributed by atoms with van der Waals surface area (Å²) in [6.45, 7) is 2.99. The van der Waals surface area contributed by atoms with Crippen molar-refractivity contribution in [1.29, 1.82) is 0 Å². The van der Waals surface area contributed by atoms with Gasteiger partial charge < -0.3 is 9.88 Å². The number of fused-ring (bicyclic) bond motifs is 1. The third kappa shape index (κ3) is 3.44. The highest BCUT2D eigenvalue weighted by Gasteiger charge is 2.22. The van der Waals surface area contributed by atoms with E-state index in [1.54, 1.807) is 0 Å². The van der Waals surface area contributed by atoms with Gasteiger partial charge in [0.2, 0.25) is 5.91 Å². The van der Waals surface area contributed by atoms with Gasteiger partial charge >= 0.3 is 0 Å². The van der Waals surface area contributed by atoms with Crippen molar-refractivity contribution < 1.29 is 4.79 Å². The highest BCUT2D eigenvalue weighted by molar-refractivity contribution is 5.76. The van der Waals surface area contributed by atoms with Crippen LogP contribution in [-0.2, 0) is 17.8 Å². The lowest BCUT2D eigenvalue weighted by Crippen LogP contribution is -2.29. The molecule has 1 atom stereocenters. The normalized spacial score (nSPS) is 20.2. The van der Waals surface area contributed by atoms with Gasteiger partial charge in [-0.25, -0.2) is 0 Å². The molecule has 5 nitrogen and oxygen atoms in total. The molecule has 0 radical (unpaired) electrons. The summed E-state index contributed by atoms with van der Waals surface area (Å²) in [7, 11) is 0. The van der Waals surface area contributed by atoms with Crippen molar-refractivity contribution in [2.24, 2.45) is 5.92 Å². The molecule has 0 saturated heterocycles. The van der Waals surface area contributed by atoms with Gasteiger partial charge in [0, 0.05) is 19.4 Å². The monoisotopic (exact) mass is 290 g/mol. The largest absolute Gasteiger partial charge is 0.346 e. The number of hydrogen-bond acceptors (Lipinski definition) is 3. The van der Waals surface area contributed by atoms with Crippen LogP contribution in [0.25, 0.3) is 0 Å². The maximum absolute atomic E-state index is 12.1. The van der Waals surface area contributed by atoms with Crippen molar-refractivity contribution in [3.05, 3.63) is 11.6 Å². The molecule has 116 valence electrons. The third-order valence-corrected chi connectivity index (χ3v) is 4.91. The number of carbonyl (C=O) groups is 1. The Labute approximate surface area is 126 Å². The number of hydrogen-bond donors (Lipinski definition) is 1. The van der Waals surface area contributed by atoms with Crippen LogP contribution in [0.4, 0.5) is 0 Å². The van der Waals surface area contributed by atoms with Gasteiger partial charge in [0.1, 0.15) is 5.82 Å². The van der Waals surface area contributed by atoms with E-state index in [1.165, 1.54) is 32.1 Å². The van der Waals surface area contributed by atoms with Crippen LogP contribution in [0.15, 0.2) is 0 Å². The summed E-state index contributed by atoms with van der Waals surface area (Å²) < 4.78 is 2.16. The van der Waals surface area contributed by atoms with Gasteiger partial charge in [-0.3, -0.25) is 4.79 Å². The van der Waals surface area contributed by atoms with Gasteiger partial charge in [-0.1, -0.05) is 32.1 Å². The zero-order valence-corrected chi connectivity index (χ0v) is 13.0. The summed E-state index contributed by atoms with van der Waals surface area (Å²) in [4.78, 5) is 12.1. The second-order valence-electron chi connectivity index (χ2n) is 6.56. The van der Waals surface area contributed by atoms with E-state index in [1.807, 2.05) is 6.92 Å². The minimum absolute atomic E-state index is 0.0387. The number of nitrogens with zero attached hydrogens (tertiary/aromatic N) is 3. The van der Waals surface area contributed by atoms with Crippen LogP contribution in [0.1, 0.15) is 76.0 Å².